The Labute approximate surface area is 91.8 Å². The lowest BCUT2D eigenvalue weighted by atomic mass is 10.1. The molecule has 0 N–H and O–H groups in total. The van der Waals surface area contributed by atoms with Gasteiger partial charge in [-0.05, 0) is 12.1 Å². The first-order chi connectivity index (χ1) is 7.86. The molecule has 2 heterocycles. The van der Waals surface area contributed by atoms with Crippen LogP contribution in [-0.4, -0.2) is 24.7 Å². The van der Waals surface area contributed by atoms with Crippen LogP contribution in [0.5, 0.6) is 0 Å². The Morgan fingerprint density at radius 3 is 2.81 bits per heavy atom. The summed E-state index contributed by atoms with van der Waals surface area (Å²) in [6.45, 7) is 0. The second-order valence-corrected chi connectivity index (χ2v) is 3.50. The number of aryl methyl sites for hydroxylation is 1. The van der Waals surface area contributed by atoms with E-state index in [-0.39, 0.29) is 0 Å². The van der Waals surface area contributed by atoms with E-state index in [0.29, 0.717) is 0 Å². The summed E-state index contributed by atoms with van der Waals surface area (Å²) in [5.41, 5.74) is 2.66. The molecule has 0 radical (unpaired) electrons. The van der Waals surface area contributed by atoms with E-state index in [1.165, 1.54) is 0 Å². The molecule has 0 aliphatic heterocycles. The van der Waals surface area contributed by atoms with Gasteiger partial charge >= 0.3 is 0 Å². The molecule has 78 valence electrons. The predicted molar refractivity (Wildman–Crippen MR) is 59.5 cm³/mol. The van der Waals surface area contributed by atoms with Crippen LogP contribution >= 0.6 is 0 Å². The summed E-state index contributed by atoms with van der Waals surface area (Å²) in [6, 6.07) is 5.85. The maximum Gasteiger partial charge on any atom is 0.165 e. The van der Waals surface area contributed by atoms with Crippen LogP contribution in [0, 0.1) is 0 Å². The van der Waals surface area contributed by atoms with E-state index < -0.39 is 0 Å². The first-order valence-electron chi connectivity index (χ1n) is 4.90. The van der Waals surface area contributed by atoms with Crippen molar-refractivity contribution in [2.75, 3.05) is 0 Å². The summed E-state index contributed by atoms with van der Waals surface area (Å²) in [5.74, 6) is 0.797. The lowest BCUT2D eigenvalue weighted by Crippen LogP contribution is -1.94. The van der Waals surface area contributed by atoms with Crippen molar-refractivity contribution in [1.82, 2.24) is 24.7 Å². The lowest BCUT2D eigenvalue weighted by molar-refractivity contribution is 0.920. The number of rotatable bonds is 1. The molecule has 0 aliphatic rings. The monoisotopic (exact) mass is 211 g/mol. The summed E-state index contributed by atoms with van der Waals surface area (Å²) in [7, 11) is 1.91. The number of nitrogens with zero attached hydrogens (tertiary/aromatic N) is 5. The van der Waals surface area contributed by atoms with Crippen LogP contribution in [0.15, 0.2) is 36.9 Å². The van der Waals surface area contributed by atoms with Gasteiger partial charge in [-0.15, -0.1) is 10.2 Å². The first kappa shape index (κ1) is 8.96. The fraction of sp³-hybridized carbons (Fsp3) is 0.0909. The quantitative estimate of drug-likeness (QED) is 0.611. The van der Waals surface area contributed by atoms with Crippen molar-refractivity contribution in [3.05, 3.63) is 36.9 Å². The first-order valence-corrected chi connectivity index (χ1v) is 4.90. The van der Waals surface area contributed by atoms with Crippen LogP contribution in [0.2, 0.25) is 0 Å². The highest BCUT2D eigenvalue weighted by atomic mass is 15.2. The van der Waals surface area contributed by atoms with Gasteiger partial charge in [0.05, 0.1) is 11.0 Å². The average Bonchev–Trinajstić information content (AvgIpc) is 2.75. The van der Waals surface area contributed by atoms with Gasteiger partial charge in [0.1, 0.15) is 6.33 Å². The zero-order valence-corrected chi connectivity index (χ0v) is 8.70. The van der Waals surface area contributed by atoms with Crippen LogP contribution in [-0.2, 0) is 7.05 Å². The van der Waals surface area contributed by atoms with Gasteiger partial charge in [-0.3, -0.25) is 9.97 Å². The van der Waals surface area contributed by atoms with E-state index in [2.05, 4.69) is 20.2 Å². The molecule has 5 heteroatoms. The van der Waals surface area contributed by atoms with Crippen LogP contribution in [0.1, 0.15) is 0 Å². The predicted octanol–water partition coefficient (Wildman–Crippen LogP) is 1.43. The summed E-state index contributed by atoms with van der Waals surface area (Å²) in [6.07, 6.45) is 5.04. The summed E-state index contributed by atoms with van der Waals surface area (Å²) >= 11 is 0. The highest BCUT2D eigenvalue weighted by molar-refractivity contribution is 5.89. The molecular weight excluding hydrogens is 202 g/mol. The van der Waals surface area contributed by atoms with Crippen LogP contribution < -0.4 is 0 Å². The maximum absolute atomic E-state index is 4.33. The van der Waals surface area contributed by atoms with E-state index in [4.69, 9.17) is 0 Å². The number of hydrogen-bond donors (Lipinski definition) is 0. The van der Waals surface area contributed by atoms with E-state index in [9.17, 15) is 0 Å². The van der Waals surface area contributed by atoms with Crippen molar-refractivity contribution in [2.24, 2.45) is 7.05 Å². The highest BCUT2D eigenvalue weighted by Crippen LogP contribution is 2.23. The molecule has 0 unspecified atom stereocenters. The molecule has 0 amide bonds. The largest absolute Gasteiger partial charge is 0.317 e. The number of aromatic nitrogens is 5. The minimum Gasteiger partial charge on any atom is -0.317 e. The van der Waals surface area contributed by atoms with Gasteiger partial charge in [-0.2, -0.15) is 0 Å². The zero-order valence-electron chi connectivity index (χ0n) is 8.70. The Kier molecular flexibility index (Phi) is 1.89. The molecule has 0 saturated heterocycles. The second kappa shape index (κ2) is 3.37. The molecule has 0 atom stereocenters. The number of para-hydroxylation sites is 1. The van der Waals surface area contributed by atoms with Crippen molar-refractivity contribution >= 4 is 11.0 Å². The van der Waals surface area contributed by atoms with Gasteiger partial charge in [-0.25, -0.2) is 0 Å². The van der Waals surface area contributed by atoms with Gasteiger partial charge in [-0.1, -0.05) is 6.07 Å². The molecule has 0 aliphatic carbocycles. The molecule has 0 spiro atoms. The Bertz CT molecular complexity index is 638. The van der Waals surface area contributed by atoms with Gasteiger partial charge in [0.15, 0.2) is 5.82 Å². The van der Waals surface area contributed by atoms with Gasteiger partial charge in [0.25, 0.3) is 0 Å². The number of fused-ring (bicyclic) bond motifs is 1. The minimum atomic E-state index is 0.797. The third-order valence-electron chi connectivity index (χ3n) is 2.45. The molecule has 0 bridgehead atoms. The molecule has 2 aromatic heterocycles. The van der Waals surface area contributed by atoms with Crippen molar-refractivity contribution in [3.63, 3.8) is 0 Å². The summed E-state index contributed by atoms with van der Waals surface area (Å²) in [4.78, 5) is 8.60. The number of benzene rings is 1. The third kappa shape index (κ3) is 1.25. The average molecular weight is 211 g/mol. The lowest BCUT2D eigenvalue weighted by Gasteiger charge is -2.03. The van der Waals surface area contributed by atoms with Crippen molar-refractivity contribution in [2.45, 2.75) is 0 Å². The summed E-state index contributed by atoms with van der Waals surface area (Å²) in [5, 5.41) is 7.95. The van der Waals surface area contributed by atoms with E-state index in [1.54, 1.807) is 18.7 Å². The van der Waals surface area contributed by atoms with E-state index >= 15 is 0 Å². The number of hydrogen-bond acceptors (Lipinski definition) is 4. The van der Waals surface area contributed by atoms with Gasteiger partial charge in [0.2, 0.25) is 0 Å². The molecule has 0 saturated carbocycles. The Hall–Kier alpha value is -2.30. The van der Waals surface area contributed by atoms with E-state index in [0.717, 1.165) is 22.4 Å². The van der Waals surface area contributed by atoms with Crippen LogP contribution in [0.3, 0.4) is 0 Å². The SMILES string of the molecule is Cn1cnnc1-c1cccc2nccnc12. The molecule has 5 nitrogen and oxygen atoms in total. The van der Waals surface area contributed by atoms with Gasteiger partial charge < -0.3 is 4.57 Å². The second-order valence-electron chi connectivity index (χ2n) is 3.50. The van der Waals surface area contributed by atoms with Crippen molar-refractivity contribution in [3.8, 4) is 11.4 Å². The molecule has 16 heavy (non-hydrogen) atoms. The third-order valence-corrected chi connectivity index (χ3v) is 2.45. The Balaban J connectivity index is 2.36. The zero-order chi connectivity index (χ0) is 11.0. The van der Waals surface area contributed by atoms with Crippen LogP contribution in [0.25, 0.3) is 22.4 Å². The van der Waals surface area contributed by atoms with Crippen LogP contribution in [0.4, 0.5) is 0 Å². The van der Waals surface area contributed by atoms with Crippen molar-refractivity contribution < 1.29 is 0 Å². The fourth-order valence-electron chi connectivity index (χ4n) is 1.70. The molecule has 1 aromatic carbocycles. The minimum absolute atomic E-state index is 0.797. The Morgan fingerprint density at radius 2 is 2.00 bits per heavy atom. The van der Waals surface area contributed by atoms with E-state index in [1.807, 2.05) is 29.8 Å². The van der Waals surface area contributed by atoms with Crippen molar-refractivity contribution in [1.29, 1.82) is 0 Å². The molecule has 0 fully saturated rings. The molecular formula is C11H9N5. The van der Waals surface area contributed by atoms with Gasteiger partial charge in [0, 0.05) is 25.0 Å². The molecule has 3 aromatic rings. The highest BCUT2D eigenvalue weighted by Gasteiger charge is 2.09. The molecule has 3 rings (SSSR count). The summed E-state index contributed by atoms with van der Waals surface area (Å²) < 4.78 is 1.86. The smallest absolute Gasteiger partial charge is 0.165 e. The topological polar surface area (TPSA) is 56.5 Å². The standard InChI is InChI=1S/C11H9N5/c1-16-7-14-15-11(16)8-3-2-4-9-10(8)13-6-5-12-9/h2-7H,1H3. The normalized spacial score (nSPS) is 10.8. The fourth-order valence-corrected chi connectivity index (χ4v) is 1.70. The maximum atomic E-state index is 4.33. The Morgan fingerprint density at radius 1 is 1.12 bits per heavy atom.